The second kappa shape index (κ2) is 5.79. The highest BCUT2D eigenvalue weighted by atomic mass is 35.5. The smallest absolute Gasteiger partial charge is 0.315 e. The lowest BCUT2D eigenvalue weighted by Crippen LogP contribution is -2.28. The molecule has 0 amide bonds. The Hall–Kier alpha value is -1.62. The Morgan fingerprint density at radius 2 is 2.15 bits per heavy atom. The molecule has 0 bridgehead atoms. The van der Waals surface area contributed by atoms with Crippen molar-refractivity contribution >= 4 is 23.2 Å². The quantitative estimate of drug-likeness (QED) is 0.657. The van der Waals surface area contributed by atoms with E-state index in [9.17, 15) is 9.90 Å². The maximum atomic E-state index is 11.3. The number of unbranched alkanes of at least 4 members (excludes halogenated alkanes) is 1. The van der Waals surface area contributed by atoms with Crippen molar-refractivity contribution in [3.8, 4) is 0 Å². The number of fused-ring (bicyclic) bond motifs is 1. The number of hydrogen-bond donors (Lipinski definition) is 1. The molecule has 2 rings (SSSR count). The number of carbonyl (C=O) groups is 1. The van der Waals surface area contributed by atoms with Crippen molar-refractivity contribution in [3.63, 3.8) is 0 Å². The van der Waals surface area contributed by atoms with Crippen molar-refractivity contribution < 1.29 is 9.90 Å². The predicted octanol–water partition coefficient (Wildman–Crippen LogP) is 2.65. The molecule has 0 aliphatic carbocycles. The van der Waals surface area contributed by atoms with Crippen molar-refractivity contribution in [2.24, 2.45) is 0 Å². The van der Waals surface area contributed by atoms with Gasteiger partial charge in [-0.2, -0.15) is 5.10 Å². The minimum absolute atomic E-state index is 0.510. The molecule has 0 fully saturated rings. The van der Waals surface area contributed by atoms with Gasteiger partial charge in [0.2, 0.25) is 0 Å². The molecule has 0 unspecified atom stereocenters. The summed E-state index contributed by atoms with van der Waals surface area (Å²) in [5.74, 6) is -0.243. The van der Waals surface area contributed by atoms with Gasteiger partial charge in [0, 0.05) is 5.88 Å². The van der Waals surface area contributed by atoms with Crippen molar-refractivity contribution in [3.05, 3.63) is 29.7 Å². The van der Waals surface area contributed by atoms with Gasteiger partial charge in [0.1, 0.15) is 5.41 Å². The lowest BCUT2D eigenvalue weighted by Gasteiger charge is -2.15. The van der Waals surface area contributed by atoms with Gasteiger partial charge in [-0.15, -0.1) is 11.6 Å². The van der Waals surface area contributed by atoms with Crippen LogP contribution >= 0.6 is 11.6 Å². The zero-order valence-electron chi connectivity index (χ0n) is 11.6. The third-order valence-corrected chi connectivity index (χ3v) is 3.63. The average molecular weight is 296 g/mol. The third kappa shape index (κ3) is 2.93. The minimum atomic E-state index is -1.02. The Bertz CT molecular complexity index is 622. The molecule has 5 nitrogen and oxygen atoms in total. The number of alkyl halides is 1. The van der Waals surface area contributed by atoms with Crippen LogP contribution in [0.3, 0.4) is 0 Å². The van der Waals surface area contributed by atoms with Crippen LogP contribution in [0, 0.1) is 0 Å². The molecule has 2 aromatic rings. The van der Waals surface area contributed by atoms with E-state index >= 15 is 0 Å². The first-order valence-electron chi connectivity index (χ1n) is 6.60. The van der Waals surface area contributed by atoms with Crippen LogP contribution in [0.4, 0.5) is 0 Å². The molecule has 0 aliphatic rings. The molecular formula is C14H18ClN3O2. The molecule has 0 saturated heterocycles. The number of carboxylic acids is 1. The maximum absolute atomic E-state index is 11.3. The molecule has 6 heteroatoms. The SMILES string of the molecule is CC(C)(C(=O)O)c1cn2nc(CCCCCl)ccc2n1. The van der Waals surface area contributed by atoms with Crippen LogP contribution in [0.2, 0.25) is 0 Å². The molecule has 2 heterocycles. The molecule has 0 saturated carbocycles. The van der Waals surface area contributed by atoms with E-state index in [1.54, 1.807) is 24.6 Å². The van der Waals surface area contributed by atoms with E-state index in [4.69, 9.17) is 11.6 Å². The Kier molecular flexibility index (Phi) is 4.28. The number of aromatic nitrogens is 3. The van der Waals surface area contributed by atoms with Crippen LogP contribution in [0.15, 0.2) is 18.3 Å². The highest BCUT2D eigenvalue weighted by molar-refractivity contribution is 6.17. The topological polar surface area (TPSA) is 67.5 Å². The molecule has 0 atom stereocenters. The zero-order chi connectivity index (χ0) is 14.8. The predicted molar refractivity (Wildman–Crippen MR) is 77.3 cm³/mol. The zero-order valence-corrected chi connectivity index (χ0v) is 12.4. The van der Waals surface area contributed by atoms with E-state index in [-0.39, 0.29) is 0 Å². The van der Waals surface area contributed by atoms with Crippen molar-refractivity contribution in [1.82, 2.24) is 14.6 Å². The number of hydrogen-bond acceptors (Lipinski definition) is 3. The fraction of sp³-hybridized carbons (Fsp3) is 0.500. The summed E-state index contributed by atoms with van der Waals surface area (Å²) in [6, 6.07) is 3.79. The van der Waals surface area contributed by atoms with Crippen LogP contribution in [0.25, 0.3) is 5.65 Å². The molecular weight excluding hydrogens is 278 g/mol. The van der Waals surface area contributed by atoms with Crippen molar-refractivity contribution in [2.45, 2.75) is 38.5 Å². The average Bonchev–Trinajstić information content (AvgIpc) is 2.82. The number of imidazole rings is 1. The van der Waals surface area contributed by atoms with Gasteiger partial charge >= 0.3 is 5.97 Å². The largest absolute Gasteiger partial charge is 0.481 e. The van der Waals surface area contributed by atoms with Gasteiger partial charge in [-0.3, -0.25) is 4.79 Å². The lowest BCUT2D eigenvalue weighted by molar-refractivity contribution is -0.142. The number of halogens is 1. The number of carboxylic acid groups (broad SMARTS) is 1. The van der Waals surface area contributed by atoms with Crippen LogP contribution < -0.4 is 0 Å². The van der Waals surface area contributed by atoms with Crippen LogP contribution in [0.5, 0.6) is 0 Å². The highest BCUT2D eigenvalue weighted by Gasteiger charge is 2.32. The highest BCUT2D eigenvalue weighted by Crippen LogP contribution is 2.22. The van der Waals surface area contributed by atoms with E-state index in [0.29, 0.717) is 17.2 Å². The summed E-state index contributed by atoms with van der Waals surface area (Å²) in [4.78, 5) is 15.6. The van der Waals surface area contributed by atoms with Gasteiger partial charge in [-0.1, -0.05) is 0 Å². The second-order valence-corrected chi connectivity index (χ2v) is 5.71. The van der Waals surface area contributed by atoms with Gasteiger partial charge in [-0.25, -0.2) is 9.50 Å². The fourth-order valence-corrected chi connectivity index (χ4v) is 2.06. The second-order valence-electron chi connectivity index (χ2n) is 5.33. The summed E-state index contributed by atoms with van der Waals surface area (Å²) in [6.45, 7) is 3.27. The Morgan fingerprint density at radius 3 is 2.80 bits per heavy atom. The molecule has 0 aromatic carbocycles. The third-order valence-electron chi connectivity index (χ3n) is 3.37. The molecule has 0 radical (unpaired) electrons. The van der Waals surface area contributed by atoms with E-state index in [1.807, 2.05) is 12.1 Å². The Morgan fingerprint density at radius 1 is 1.40 bits per heavy atom. The van der Waals surface area contributed by atoms with Crippen molar-refractivity contribution in [1.29, 1.82) is 0 Å². The number of aryl methyl sites for hydroxylation is 1. The number of rotatable bonds is 6. The van der Waals surface area contributed by atoms with E-state index < -0.39 is 11.4 Å². The number of aliphatic carboxylic acids is 1. The van der Waals surface area contributed by atoms with Gasteiger partial charge < -0.3 is 5.11 Å². The van der Waals surface area contributed by atoms with Gasteiger partial charge in [0.25, 0.3) is 0 Å². The van der Waals surface area contributed by atoms with Gasteiger partial charge in [0.05, 0.1) is 17.6 Å². The summed E-state index contributed by atoms with van der Waals surface area (Å²) in [7, 11) is 0. The van der Waals surface area contributed by atoms with E-state index in [0.717, 1.165) is 25.0 Å². The van der Waals surface area contributed by atoms with Gasteiger partial charge in [-0.05, 0) is 45.2 Å². The first-order valence-corrected chi connectivity index (χ1v) is 7.14. The summed E-state index contributed by atoms with van der Waals surface area (Å²) < 4.78 is 1.65. The van der Waals surface area contributed by atoms with E-state index in [2.05, 4.69) is 10.1 Å². The molecule has 1 N–H and O–H groups in total. The summed E-state index contributed by atoms with van der Waals surface area (Å²) in [6.07, 6.45) is 4.50. The lowest BCUT2D eigenvalue weighted by atomic mass is 9.90. The Balaban J connectivity index is 2.28. The molecule has 0 spiro atoms. The monoisotopic (exact) mass is 295 g/mol. The van der Waals surface area contributed by atoms with Crippen molar-refractivity contribution in [2.75, 3.05) is 5.88 Å². The van der Waals surface area contributed by atoms with Crippen LogP contribution in [-0.2, 0) is 16.6 Å². The first-order chi connectivity index (χ1) is 9.45. The first kappa shape index (κ1) is 14.8. The van der Waals surface area contributed by atoms with Gasteiger partial charge in [0.15, 0.2) is 5.65 Å². The van der Waals surface area contributed by atoms with Crippen LogP contribution in [0.1, 0.15) is 38.1 Å². The minimum Gasteiger partial charge on any atom is -0.481 e. The summed E-state index contributed by atoms with van der Waals surface area (Å²) in [5.41, 5.74) is 1.11. The maximum Gasteiger partial charge on any atom is 0.315 e. The molecule has 2 aromatic heterocycles. The normalized spacial score (nSPS) is 11.9. The molecule has 0 aliphatic heterocycles. The fourth-order valence-electron chi connectivity index (χ4n) is 1.87. The van der Waals surface area contributed by atoms with Crippen LogP contribution in [-0.4, -0.2) is 31.6 Å². The Labute approximate surface area is 122 Å². The molecule has 20 heavy (non-hydrogen) atoms. The summed E-state index contributed by atoms with van der Waals surface area (Å²) in [5, 5.41) is 13.7. The molecule has 108 valence electrons. The standard InChI is InChI=1S/C14H18ClN3O2/c1-14(2,13(19)20)11-9-18-12(16-11)7-6-10(17-18)5-3-4-8-15/h6-7,9H,3-5,8H2,1-2H3,(H,19,20). The number of nitrogens with zero attached hydrogens (tertiary/aromatic N) is 3. The summed E-state index contributed by atoms with van der Waals surface area (Å²) >= 11 is 5.65. The van der Waals surface area contributed by atoms with E-state index in [1.165, 1.54) is 0 Å².